The van der Waals surface area contributed by atoms with Gasteiger partial charge in [0.25, 0.3) is 0 Å². The zero-order valence-electron chi connectivity index (χ0n) is 9.38. The van der Waals surface area contributed by atoms with Gasteiger partial charge >= 0.3 is 39.5 Å². The minimum absolute atomic E-state index is 0.941. The van der Waals surface area contributed by atoms with Crippen molar-refractivity contribution in [2.24, 2.45) is 9.98 Å². The Labute approximate surface area is 114 Å². The van der Waals surface area contributed by atoms with E-state index in [1.54, 1.807) is 0 Å². The summed E-state index contributed by atoms with van der Waals surface area (Å²) < 4.78 is 0. The molecule has 15 heavy (non-hydrogen) atoms. The molecule has 0 aromatic heterocycles. The zero-order valence-corrected chi connectivity index (χ0v) is 13.6. The van der Waals surface area contributed by atoms with Crippen LogP contribution in [0.1, 0.15) is 39.5 Å². The van der Waals surface area contributed by atoms with E-state index in [2.05, 4.69) is 52.2 Å². The number of aliphatic imine (C=N–C) groups is 2. The molecule has 0 rings (SSSR count). The van der Waals surface area contributed by atoms with Crippen LogP contribution in [0.5, 0.6) is 0 Å². The van der Waals surface area contributed by atoms with Crippen molar-refractivity contribution < 1.29 is 11.1 Å². The second-order valence-corrected chi connectivity index (χ2v) is 8.12. The van der Waals surface area contributed by atoms with Gasteiger partial charge < -0.3 is 0 Å². The standard InChI is InChI=1S/C10H20N2.2BrH.Co/c1-3-5-7-11-9-10-12-8-6-4-2;;;/h9-10H,3-8H2,1-2H3;2*1H;/q;;;+2/p-2. The molecule has 0 aromatic rings. The normalized spacial score (nSPS) is 10.9. The first-order valence-corrected chi connectivity index (χ1v) is 10.3. The second kappa shape index (κ2) is 20.2. The molecule has 0 aliphatic heterocycles. The van der Waals surface area contributed by atoms with Crippen molar-refractivity contribution in [1.29, 1.82) is 0 Å². The number of unbranched alkanes of at least 4 members (excludes halogenated alkanes) is 2. The number of halogens is 2. The summed E-state index contributed by atoms with van der Waals surface area (Å²) in [5.74, 6) is 0. The molecule has 2 nitrogen and oxygen atoms in total. The monoisotopic (exact) mass is 385 g/mol. The molecule has 0 atom stereocenters. The number of hydrogen-bond donors (Lipinski definition) is 0. The SMILES string of the molecule is CCCCN=CC=NCCCC.[Br][Co][Br]. The fourth-order valence-corrected chi connectivity index (χ4v) is 0.742. The van der Waals surface area contributed by atoms with Crippen molar-refractivity contribution in [3.8, 4) is 0 Å². The molecule has 0 aliphatic carbocycles. The van der Waals surface area contributed by atoms with Crippen LogP contribution in [-0.2, 0) is 11.1 Å². The van der Waals surface area contributed by atoms with E-state index in [9.17, 15) is 0 Å². The Hall–Kier alpha value is 0.806. The Balaban J connectivity index is 0. The van der Waals surface area contributed by atoms with Crippen LogP contribution in [0.15, 0.2) is 9.98 Å². The summed E-state index contributed by atoms with van der Waals surface area (Å²) in [6.45, 7) is 6.22. The van der Waals surface area contributed by atoms with Crippen LogP contribution < -0.4 is 0 Å². The maximum absolute atomic E-state index is 4.18. The number of nitrogens with zero attached hydrogens (tertiary/aromatic N) is 2. The Morgan fingerprint density at radius 2 is 1.27 bits per heavy atom. The van der Waals surface area contributed by atoms with Crippen LogP contribution in [0.3, 0.4) is 0 Å². The Bertz CT molecular complexity index is 136. The fourth-order valence-electron chi connectivity index (χ4n) is 0.742. The van der Waals surface area contributed by atoms with Crippen molar-refractivity contribution in [2.75, 3.05) is 13.1 Å². The zero-order chi connectivity index (χ0) is 11.8. The molecule has 0 radical (unpaired) electrons. The van der Waals surface area contributed by atoms with E-state index in [0.717, 1.165) is 24.2 Å². The first kappa shape index (κ1) is 18.2. The first-order chi connectivity index (χ1) is 7.33. The molecular weight excluding hydrogens is 367 g/mol. The average Bonchev–Trinajstić information content (AvgIpc) is 2.23. The molecule has 0 aliphatic rings. The van der Waals surface area contributed by atoms with Gasteiger partial charge in [0.2, 0.25) is 0 Å². The Kier molecular flexibility index (Phi) is 24.5. The van der Waals surface area contributed by atoms with Gasteiger partial charge in [0.15, 0.2) is 0 Å². The van der Waals surface area contributed by atoms with Gasteiger partial charge in [0.1, 0.15) is 0 Å². The van der Waals surface area contributed by atoms with Gasteiger partial charge in [-0.15, -0.1) is 0 Å². The summed E-state index contributed by atoms with van der Waals surface area (Å²) in [6.07, 6.45) is 8.41. The molecule has 93 valence electrons. The Morgan fingerprint density at radius 3 is 1.53 bits per heavy atom. The summed E-state index contributed by atoms with van der Waals surface area (Å²) in [6, 6.07) is 0. The van der Waals surface area contributed by atoms with E-state index in [1.165, 1.54) is 25.7 Å². The van der Waals surface area contributed by atoms with Gasteiger partial charge in [-0.2, -0.15) is 0 Å². The van der Waals surface area contributed by atoms with Gasteiger partial charge in [0.05, 0.1) is 0 Å². The molecule has 0 heterocycles. The average molecular weight is 387 g/mol. The minimum atomic E-state index is 0.941. The van der Waals surface area contributed by atoms with Crippen molar-refractivity contribution >= 4 is 40.8 Å². The third-order valence-corrected chi connectivity index (χ3v) is 1.56. The topological polar surface area (TPSA) is 24.7 Å². The molecule has 0 fully saturated rings. The summed E-state index contributed by atoms with van der Waals surface area (Å²) >= 11 is 7.12. The summed E-state index contributed by atoms with van der Waals surface area (Å²) in [7, 11) is 0. The molecule has 0 N–H and O–H groups in total. The molecule has 0 saturated carbocycles. The van der Waals surface area contributed by atoms with Crippen molar-refractivity contribution in [3.05, 3.63) is 0 Å². The van der Waals surface area contributed by atoms with Crippen LogP contribution in [-0.4, -0.2) is 25.5 Å². The van der Waals surface area contributed by atoms with Crippen molar-refractivity contribution in [1.82, 2.24) is 0 Å². The molecule has 0 amide bonds. The van der Waals surface area contributed by atoms with Crippen LogP contribution in [0.25, 0.3) is 0 Å². The van der Waals surface area contributed by atoms with Crippen LogP contribution >= 0.6 is 28.3 Å². The van der Waals surface area contributed by atoms with E-state index in [0.29, 0.717) is 0 Å². The van der Waals surface area contributed by atoms with Gasteiger partial charge in [-0.1, -0.05) is 26.7 Å². The molecule has 0 unspecified atom stereocenters. The van der Waals surface area contributed by atoms with E-state index in [-0.39, 0.29) is 0 Å². The molecule has 0 bridgehead atoms. The summed E-state index contributed by atoms with van der Waals surface area (Å²) in [4.78, 5) is 8.37. The maximum atomic E-state index is 4.18. The van der Waals surface area contributed by atoms with Gasteiger partial charge in [-0.3, -0.25) is 9.98 Å². The molecular formula is C10H20Br2CoN2. The predicted molar refractivity (Wildman–Crippen MR) is 74.4 cm³/mol. The van der Waals surface area contributed by atoms with Crippen LogP contribution in [0.4, 0.5) is 0 Å². The van der Waals surface area contributed by atoms with Gasteiger partial charge in [-0.25, -0.2) is 0 Å². The summed E-state index contributed by atoms with van der Waals surface area (Å²) in [5, 5.41) is 0. The molecule has 0 aromatic carbocycles. The fraction of sp³-hybridized carbons (Fsp3) is 0.800. The Morgan fingerprint density at radius 1 is 0.933 bits per heavy atom. The van der Waals surface area contributed by atoms with E-state index in [1.807, 2.05) is 12.4 Å². The predicted octanol–water partition coefficient (Wildman–Crippen LogP) is 4.42. The van der Waals surface area contributed by atoms with E-state index < -0.39 is 0 Å². The quantitative estimate of drug-likeness (QED) is 0.457. The molecule has 5 heteroatoms. The second-order valence-electron chi connectivity index (χ2n) is 2.87. The molecule has 0 spiro atoms. The molecule has 0 saturated heterocycles. The van der Waals surface area contributed by atoms with Gasteiger partial charge in [-0.05, 0) is 12.8 Å². The number of hydrogen-bond acceptors (Lipinski definition) is 2. The summed E-state index contributed by atoms with van der Waals surface area (Å²) in [5.41, 5.74) is 0. The third-order valence-electron chi connectivity index (χ3n) is 1.56. The van der Waals surface area contributed by atoms with E-state index in [4.69, 9.17) is 0 Å². The number of rotatable bonds is 7. The van der Waals surface area contributed by atoms with Crippen molar-refractivity contribution in [3.63, 3.8) is 0 Å². The van der Waals surface area contributed by atoms with Crippen LogP contribution in [0.2, 0.25) is 0 Å². The third kappa shape index (κ3) is 25.3. The van der Waals surface area contributed by atoms with Crippen LogP contribution in [0, 0.1) is 0 Å². The first-order valence-electron chi connectivity index (χ1n) is 5.15. The van der Waals surface area contributed by atoms with Crippen molar-refractivity contribution in [2.45, 2.75) is 39.5 Å². The van der Waals surface area contributed by atoms with Gasteiger partial charge in [0, 0.05) is 25.5 Å². The van der Waals surface area contributed by atoms with E-state index >= 15 is 0 Å².